The summed E-state index contributed by atoms with van der Waals surface area (Å²) in [6.45, 7) is 0. The Morgan fingerprint density at radius 3 is 2.90 bits per heavy atom. The van der Waals surface area contributed by atoms with Crippen molar-refractivity contribution >= 4 is 57.5 Å². The number of nitrogens with zero attached hydrogens (tertiary/aromatic N) is 2. The van der Waals surface area contributed by atoms with Gasteiger partial charge in [-0.15, -0.1) is 0 Å². The molecule has 0 aliphatic heterocycles. The number of hydrogen-bond donors (Lipinski definition) is 3. The molecule has 0 unspecified atom stereocenters. The number of nitriles is 1. The Balaban J connectivity index is 2.54. The standard InChI is InChI=1S/C9H9ClN5O2PS2/c10-6-5(19-2-11)1-4(17-3-18(13,14)16)7-8(6)20-9(12)15-7/h1H,3H2,(H2,12,15)(H4,13,14,16). The number of thiocyanates is 1. The molecule has 11 heteroatoms. The molecule has 0 saturated carbocycles. The lowest BCUT2D eigenvalue weighted by Crippen LogP contribution is -2.13. The van der Waals surface area contributed by atoms with Gasteiger partial charge in [0.1, 0.15) is 16.7 Å². The van der Waals surface area contributed by atoms with Gasteiger partial charge in [-0.05, 0) is 17.8 Å². The van der Waals surface area contributed by atoms with Crippen molar-refractivity contribution in [3.05, 3.63) is 11.1 Å². The van der Waals surface area contributed by atoms with E-state index in [-0.39, 0.29) is 12.1 Å². The zero-order valence-corrected chi connectivity index (χ0v) is 13.2. The van der Waals surface area contributed by atoms with Crippen LogP contribution in [0.15, 0.2) is 11.0 Å². The van der Waals surface area contributed by atoms with Crippen molar-refractivity contribution < 1.29 is 9.30 Å². The van der Waals surface area contributed by atoms with Gasteiger partial charge in [-0.2, -0.15) is 5.26 Å². The summed E-state index contributed by atoms with van der Waals surface area (Å²) < 4.78 is 17.2. The average molecular weight is 350 g/mol. The van der Waals surface area contributed by atoms with E-state index >= 15 is 0 Å². The molecule has 0 spiro atoms. The molecule has 0 saturated heterocycles. The molecule has 20 heavy (non-hydrogen) atoms. The van der Waals surface area contributed by atoms with Gasteiger partial charge in [0.05, 0.1) is 9.72 Å². The highest BCUT2D eigenvalue weighted by Gasteiger charge is 2.18. The number of benzene rings is 1. The minimum Gasteiger partial charge on any atom is -0.481 e. The third-order valence-electron chi connectivity index (χ3n) is 2.13. The second kappa shape index (κ2) is 5.77. The van der Waals surface area contributed by atoms with Crippen LogP contribution < -0.4 is 21.5 Å². The summed E-state index contributed by atoms with van der Waals surface area (Å²) in [4.78, 5) is 4.59. The van der Waals surface area contributed by atoms with Crippen LogP contribution in [0, 0.1) is 10.7 Å². The Hall–Kier alpha value is -1.01. The number of aromatic nitrogens is 1. The summed E-state index contributed by atoms with van der Waals surface area (Å²) in [5, 5.41) is 11.4. The normalized spacial score (nSPS) is 11.5. The van der Waals surface area contributed by atoms with Gasteiger partial charge in [0, 0.05) is 4.90 Å². The van der Waals surface area contributed by atoms with Gasteiger partial charge in [0.15, 0.2) is 11.5 Å². The van der Waals surface area contributed by atoms with Crippen molar-refractivity contribution in [2.45, 2.75) is 4.90 Å². The van der Waals surface area contributed by atoms with Crippen molar-refractivity contribution in [1.82, 2.24) is 4.98 Å². The minimum absolute atomic E-state index is 0.284. The van der Waals surface area contributed by atoms with Crippen LogP contribution in [0.25, 0.3) is 10.2 Å². The Morgan fingerprint density at radius 1 is 1.60 bits per heavy atom. The van der Waals surface area contributed by atoms with Crippen LogP contribution in [-0.2, 0) is 4.57 Å². The highest BCUT2D eigenvalue weighted by atomic mass is 35.5. The Morgan fingerprint density at radius 2 is 2.30 bits per heavy atom. The summed E-state index contributed by atoms with van der Waals surface area (Å²) in [6, 6.07) is 1.52. The second-order valence-electron chi connectivity index (χ2n) is 3.74. The van der Waals surface area contributed by atoms with E-state index in [1.54, 1.807) is 0 Å². The van der Waals surface area contributed by atoms with Crippen LogP contribution in [-0.4, -0.2) is 11.3 Å². The number of hydrogen-bond acceptors (Lipinski definition) is 7. The van der Waals surface area contributed by atoms with E-state index in [0.29, 0.717) is 25.3 Å². The Labute approximate surface area is 127 Å². The van der Waals surface area contributed by atoms with Crippen molar-refractivity contribution in [2.24, 2.45) is 11.0 Å². The highest BCUT2D eigenvalue weighted by molar-refractivity contribution is 8.03. The average Bonchev–Trinajstić information content (AvgIpc) is 2.72. The monoisotopic (exact) mass is 349 g/mol. The molecule has 2 aromatic rings. The van der Waals surface area contributed by atoms with Gasteiger partial charge in [-0.1, -0.05) is 22.9 Å². The fraction of sp³-hybridized carbons (Fsp3) is 0.111. The van der Waals surface area contributed by atoms with E-state index in [9.17, 15) is 4.57 Å². The van der Waals surface area contributed by atoms with Crippen LogP contribution in [0.4, 0.5) is 5.13 Å². The molecule has 1 heterocycles. The lowest BCUT2D eigenvalue weighted by molar-refractivity contribution is 0.379. The first-order valence-corrected chi connectivity index (χ1v) is 9.09. The number of halogens is 1. The van der Waals surface area contributed by atoms with Crippen LogP contribution >= 0.6 is 42.1 Å². The lowest BCUT2D eigenvalue weighted by Gasteiger charge is -2.11. The van der Waals surface area contributed by atoms with E-state index in [1.807, 2.05) is 5.40 Å². The van der Waals surface area contributed by atoms with Gasteiger partial charge < -0.3 is 10.5 Å². The second-order valence-corrected chi connectivity index (χ2v) is 7.94. The molecule has 1 aromatic heterocycles. The van der Waals surface area contributed by atoms with Crippen LogP contribution in [0.5, 0.6) is 5.75 Å². The molecule has 0 aliphatic carbocycles. The van der Waals surface area contributed by atoms with E-state index < -0.39 is 7.44 Å². The molecular weight excluding hydrogens is 341 g/mol. The number of anilines is 1. The quantitative estimate of drug-likeness (QED) is 0.434. The molecule has 0 atom stereocenters. The smallest absolute Gasteiger partial charge is 0.242 e. The predicted octanol–water partition coefficient (Wildman–Crippen LogP) is 2.55. The molecule has 106 valence electrons. The molecule has 7 nitrogen and oxygen atoms in total. The number of fused-ring (bicyclic) bond motifs is 1. The molecule has 0 bridgehead atoms. The zero-order chi connectivity index (χ0) is 14.9. The van der Waals surface area contributed by atoms with Crippen LogP contribution in [0.3, 0.4) is 0 Å². The van der Waals surface area contributed by atoms with Gasteiger partial charge in [-0.25, -0.2) is 4.98 Å². The van der Waals surface area contributed by atoms with E-state index in [0.717, 1.165) is 11.8 Å². The summed E-state index contributed by atoms with van der Waals surface area (Å²) >= 11 is 8.22. The van der Waals surface area contributed by atoms with Gasteiger partial charge in [0.25, 0.3) is 0 Å². The van der Waals surface area contributed by atoms with Crippen molar-refractivity contribution in [2.75, 3.05) is 12.1 Å². The first kappa shape index (κ1) is 15.4. The molecule has 0 radical (unpaired) electrons. The molecular formula is C9H9ClN5O2PS2. The first-order valence-electron chi connectivity index (χ1n) is 5.05. The molecule has 0 amide bonds. The number of thiazole rings is 1. The van der Waals surface area contributed by atoms with Gasteiger partial charge in [-0.3, -0.25) is 15.6 Å². The van der Waals surface area contributed by atoms with Gasteiger partial charge >= 0.3 is 0 Å². The molecule has 1 aromatic carbocycles. The highest BCUT2D eigenvalue weighted by Crippen LogP contribution is 2.43. The predicted molar refractivity (Wildman–Crippen MR) is 82.0 cm³/mol. The van der Waals surface area contributed by atoms with Crippen LogP contribution in [0.2, 0.25) is 5.02 Å². The molecule has 6 N–H and O–H groups in total. The maximum absolute atomic E-state index is 11.3. The third kappa shape index (κ3) is 3.35. The number of thioether (sulfide) groups is 1. The zero-order valence-electron chi connectivity index (χ0n) is 9.87. The summed E-state index contributed by atoms with van der Waals surface area (Å²) in [7, 11) is -3.33. The van der Waals surface area contributed by atoms with E-state index in [2.05, 4.69) is 4.98 Å². The summed E-state index contributed by atoms with van der Waals surface area (Å²) in [5.74, 6) is 0.284. The molecule has 2 rings (SSSR count). The van der Waals surface area contributed by atoms with Crippen molar-refractivity contribution in [1.29, 1.82) is 5.26 Å². The number of ether oxygens (including phenoxy) is 1. The fourth-order valence-electron chi connectivity index (χ4n) is 1.42. The molecule has 0 fully saturated rings. The van der Waals surface area contributed by atoms with Crippen LogP contribution in [0.1, 0.15) is 0 Å². The largest absolute Gasteiger partial charge is 0.481 e. The summed E-state index contributed by atoms with van der Waals surface area (Å²) in [6.07, 6.45) is -0.349. The SMILES string of the molecule is N#CSc1cc(OCP(N)(N)=O)c2nc(N)sc2c1Cl. The van der Waals surface area contributed by atoms with Gasteiger partial charge in [0.2, 0.25) is 7.44 Å². The minimum atomic E-state index is -3.33. The number of nitrogens with two attached hydrogens (primary N) is 3. The maximum atomic E-state index is 11.3. The number of nitrogen functional groups attached to an aromatic ring is 1. The first-order chi connectivity index (χ1) is 9.31. The lowest BCUT2D eigenvalue weighted by atomic mass is 10.3. The Bertz CT molecular complexity index is 753. The topological polar surface area (TPSA) is 141 Å². The third-order valence-corrected chi connectivity index (χ3v) is 4.82. The molecule has 0 aliphatic rings. The number of rotatable bonds is 4. The maximum Gasteiger partial charge on any atom is 0.242 e. The van der Waals surface area contributed by atoms with E-state index in [1.165, 1.54) is 17.4 Å². The van der Waals surface area contributed by atoms with Crippen molar-refractivity contribution in [3.8, 4) is 11.2 Å². The summed E-state index contributed by atoms with van der Waals surface area (Å²) in [5.41, 5.74) is 16.6. The Kier molecular flexibility index (Phi) is 4.44. The van der Waals surface area contributed by atoms with Crippen molar-refractivity contribution in [3.63, 3.8) is 0 Å². The van der Waals surface area contributed by atoms with E-state index in [4.69, 9.17) is 38.3 Å². The fourth-order valence-corrected chi connectivity index (χ4v) is 3.44.